The maximum Gasteiger partial charge on any atom is 0.255 e. The molecule has 4 rings (SSSR count). The van der Waals surface area contributed by atoms with Gasteiger partial charge in [0.1, 0.15) is 5.69 Å². The number of amides is 1. The third-order valence-electron chi connectivity index (χ3n) is 5.04. The summed E-state index contributed by atoms with van der Waals surface area (Å²) in [6, 6.07) is 13.7. The Morgan fingerprint density at radius 1 is 1.10 bits per heavy atom. The zero-order chi connectivity index (χ0) is 21.6. The van der Waals surface area contributed by atoms with Gasteiger partial charge in [-0.2, -0.15) is 5.10 Å². The Bertz CT molecular complexity index is 1040. The van der Waals surface area contributed by atoms with Crippen molar-refractivity contribution < 1.29 is 19.0 Å². The number of aromatic nitrogens is 2. The van der Waals surface area contributed by atoms with E-state index in [1.807, 2.05) is 49.4 Å². The van der Waals surface area contributed by atoms with Gasteiger partial charge in [0.2, 0.25) is 0 Å². The van der Waals surface area contributed by atoms with Crippen LogP contribution in [0.25, 0.3) is 11.3 Å². The van der Waals surface area contributed by atoms with E-state index in [2.05, 4.69) is 10.4 Å². The molecule has 0 saturated heterocycles. The summed E-state index contributed by atoms with van der Waals surface area (Å²) in [4.78, 5) is 12.9. The van der Waals surface area contributed by atoms with Crippen molar-refractivity contribution in [2.75, 3.05) is 19.8 Å². The number of ether oxygens (including phenoxy) is 3. The van der Waals surface area contributed by atoms with Crippen LogP contribution in [0.4, 0.5) is 0 Å². The number of carbonyl (C=O) groups excluding carboxylic acids is 1. The molecule has 1 N–H and O–H groups in total. The molecule has 7 heteroatoms. The Morgan fingerprint density at radius 3 is 2.61 bits per heavy atom. The number of aryl methyl sites for hydroxylation is 1. The van der Waals surface area contributed by atoms with Crippen LogP contribution >= 0.6 is 0 Å². The predicted molar refractivity (Wildman–Crippen MR) is 117 cm³/mol. The second-order valence-electron chi connectivity index (χ2n) is 7.41. The van der Waals surface area contributed by atoms with Gasteiger partial charge >= 0.3 is 0 Å². The molecule has 0 spiro atoms. The summed E-state index contributed by atoms with van der Waals surface area (Å²) in [5, 5.41) is 7.51. The number of hydrogen-bond acceptors (Lipinski definition) is 5. The van der Waals surface area contributed by atoms with Gasteiger partial charge in [-0.15, -0.1) is 0 Å². The second kappa shape index (κ2) is 9.66. The average Bonchev–Trinajstić information content (AvgIpc) is 3.03. The van der Waals surface area contributed by atoms with Crippen LogP contribution in [0, 0.1) is 0 Å². The number of rotatable bonds is 7. The summed E-state index contributed by atoms with van der Waals surface area (Å²) in [5.74, 6) is 1.23. The lowest BCUT2D eigenvalue weighted by atomic mass is 10.1. The summed E-state index contributed by atoms with van der Waals surface area (Å²) < 4.78 is 18.6. The monoisotopic (exact) mass is 421 g/mol. The van der Waals surface area contributed by atoms with Crippen LogP contribution in [0.1, 0.15) is 34.8 Å². The molecule has 0 fully saturated rings. The van der Waals surface area contributed by atoms with Crippen LogP contribution < -0.4 is 14.8 Å². The van der Waals surface area contributed by atoms with E-state index in [0.29, 0.717) is 50.0 Å². The van der Waals surface area contributed by atoms with Crippen molar-refractivity contribution in [1.82, 2.24) is 15.1 Å². The Morgan fingerprint density at radius 2 is 1.84 bits per heavy atom. The van der Waals surface area contributed by atoms with Crippen LogP contribution in [0.2, 0.25) is 0 Å². The smallest absolute Gasteiger partial charge is 0.255 e. The molecule has 1 amide bonds. The molecule has 31 heavy (non-hydrogen) atoms. The first-order valence-corrected chi connectivity index (χ1v) is 10.5. The fourth-order valence-electron chi connectivity index (χ4n) is 3.43. The van der Waals surface area contributed by atoms with E-state index in [0.717, 1.165) is 28.9 Å². The van der Waals surface area contributed by atoms with Crippen molar-refractivity contribution in [3.63, 3.8) is 0 Å². The maximum absolute atomic E-state index is 12.9. The summed E-state index contributed by atoms with van der Waals surface area (Å²) in [6.07, 6.45) is 2.58. The van der Waals surface area contributed by atoms with E-state index in [4.69, 9.17) is 14.2 Å². The molecular formula is C24H27N3O4. The molecular weight excluding hydrogens is 394 g/mol. The molecule has 1 aliphatic heterocycles. The van der Waals surface area contributed by atoms with Crippen LogP contribution in [-0.4, -0.2) is 35.5 Å². The van der Waals surface area contributed by atoms with Crippen LogP contribution in [0.5, 0.6) is 11.5 Å². The number of benzene rings is 2. The maximum atomic E-state index is 12.9. The number of fused-ring (bicyclic) bond motifs is 1. The van der Waals surface area contributed by atoms with E-state index >= 15 is 0 Å². The molecule has 0 radical (unpaired) electrons. The van der Waals surface area contributed by atoms with Gasteiger partial charge in [0.15, 0.2) is 11.5 Å². The van der Waals surface area contributed by atoms with Crippen molar-refractivity contribution in [2.24, 2.45) is 7.05 Å². The predicted octanol–water partition coefficient (Wildman–Crippen LogP) is 3.71. The Balaban J connectivity index is 1.48. The largest absolute Gasteiger partial charge is 0.490 e. The minimum atomic E-state index is -0.173. The van der Waals surface area contributed by atoms with E-state index in [1.54, 1.807) is 17.9 Å². The minimum Gasteiger partial charge on any atom is -0.490 e. The molecule has 1 aromatic heterocycles. The van der Waals surface area contributed by atoms with Crippen molar-refractivity contribution >= 4 is 5.91 Å². The first-order chi connectivity index (χ1) is 15.1. The molecule has 0 unspecified atom stereocenters. The zero-order valence-electron chi connectivity index (χ0n) is 17.9. The van der Waals surface area contributed by atoms with E-state index in [9.17, 15) is 4.79 Å². The number of nitrogens with one attached hydrogen (secondary N) is 1. The van der Waals surface area contributed by atoms with Gasteiger partial charge in [-0.3, -0.25) is 9.48 Å². The molecule has 0 aliphatic carbocycles. The summed E-state index contributed by atoms with van der Waals surface area (Å²) in [5.41, 5.74) is 4.08. The molecule has 162 valence electrons. The number of nitrogens with zero attached hydrogens (tertiary/aromatic N) is 2. The lowest BCUT2D eigenvalue weighted by molar-refractivity contribution is 0.0951. The third kappa shape index (κ3) is 5.06. The molecule has 2 heterocycles. The molecule has 0 bridgehead atoms. The lowest BCUT2D eigenvalue weighted by Crippen LogP contribution is -2.23. The Kier molecular flexibility index (Phi) is 6.52. The second-order valence-corrected chi connectivity index (χ2v) is 7.41. The number of hydrogen-bond donors (Lipinski definition) is 1. The molecule has 7 nitrogen and oxygen atoms in total. The first kappa shape index (κ1) is 20.9. The molecule has 1 aliphatic rings. The van der Waals surface area contributed by atoms with Gasteiger partial charge in [0.25, 0.3) is 5.91 Å². The molecule has 3 aromatic rings. The highest BCUT2D eigenvalue weighted by Gasteiger charge is 2.19. The third-order valence-corrected chi connectivity index (χ3v) is 5.04. The van der Waals surface area contributed by atoms with Crippen molar-refractivity contribution in [3.05, 3.63) is 65.4 Å². The van der Waals surface area contributed by atoms with Crippen molar-refractivity contribution in [3.8, 4) is 22.8 Å². The van der Waals surface area contributed by atoms with Gasteiger partial charge < -0.3 is 19.5 Å². The lowest BCUT2D eigenvalue weighted by Gasteiger charge is -2.10. The fourth-order valence-corrected chi connectivity index (χ4v) is 3.43. The summed E-state index contributed by atoms with van der Waals surface area (Å²) in [6.45, 7) is 4.93. The van der Waals surface area contributed by atoms with Gasteiger partial charge in [-0.1, -0.05) is 24.3 Å². The number of carbonyl (C=O) groups is 1. The highest BCUT2D eigenvalue weighted by Crippen LogP contribution is 2.34. The Hall–Kier alpha value is -3.32. The standard InChI is InChI=1S/C24H27N3O4/c1-3-29-16-18-7-5-17(6-8-18)14-25-24(28)20-15-27(2)26-23(20)19-9-10-21-22(13-19)31-12-4-11-30-21/h5-10,13,15H,3-4,11-12,14,16H2,1-2H3,(H,25,28). The SMILES string of the molecule is CCOCc1ccc(CNC(=O)c2cn(C)nc2-c2ccc3c(c2)OCCCO3)cc1. The van der Waals surface area contributed by atoms with Gasteiger partial charge in [0.05, 0.1) is 25.4 Å². The van der Waals surface area contributed by atoms with Gasteiger partial charge in [0, 0.05) is 38.4 Å². The average molecular weight is 421 g/mol. The van der Waals surface area contributed by atoms with Gasteiger partial charge in [-0.05, 0) is 36.2 Å². The summed E-state index contributed by atoms with van der Waals surface area (Å²) in [7, 11) is 1.81. The topological polar surface area (TPSA) is 74.6 Å². The van der Waals surface area contributed by atoms with Crippen LogP contribution in [0.3, 0.4) is 0 Å². The van der Waals surface area contributed by atoms with Crippen LogP contribution in [-0.2, 0) is 24.9 Å². The highest BCUT2D eigenvalue weighted by atomic mass is 16.5. The normalized spacial score (nSPS) is 13.0. The van der Waals surface area contributed by atoms with Crippen molar-refractivity contribution in [2.45, 2.75) is 26.5 Å². The van der Waals surface area contributed by atoms with E-state index < -0.39 is 0 Å². The fraction of sp³-hybridized carbons (Fsp3) is 0.333. The van der Waals surface area contributed by atoms with Crippen LogP contribution in [0.15, 0.2) is 48.7 Å². The summed E-state index contributed by atoms with van der Waals surface area (Å²) >= 11 is 0. The zero-order valence-corrected chi connectivity index (χ0v) is 17.9. The molecule has 0 saturated carbocycles. The minimum absolute atomic E-state index is 0.173. The molecule has 2 aromatic carbocycles. The van der Waals surface area contributed by atoms with Gasteiger partial charge in [-0.25, -0.2) is 0 Å². The quantitative estimate of drug-likeness (QED) is 0.629. The first-order valence-electron chi connectivity index (χ1n) is 10.5. The van der Waals surface area contributed by atoms with E-state index in [-0.39, 0.29) is 5.91 Å². The van der Waals surface area contributed by atoms with Crippen molar-refractivity contribution in [1.29, 1.82) is 0 Å². The highest BCUT2D eigenvalue weighted by molar-refractivity contribution is 5.99. The Labute approximate surface area is 181 Å². The molecule has 0 atom stereocenters. The van der Waals surface area contributed by atoms with E-state index in [1.165, 1.54) is 0 Å².